The number of nitrogens with zero attached hydrogens (tertiary/aromatic N) is 13. The van der Waals surface area contributed by atoms with Crippen LogP contribution in [0.25, 0.3) is 110 Å². The maximum absolute atomic E-state index is 11.5. The van der Waals surface area contributed by atoms with Gasteiger partial charge in [-0.25, -0.2) is 29.0 Å². The van der Waals surface area contributed by atoms with Gasteiger partial charge in [0.05, 0.1) is 72.1 Å². The van der Waals surface area contributed by atoms with Crippen molar-refractivity contribution in [3.05, 3.63) is 197 Å². The van der Waals surface area contributed by atoms with E-state index in [0.29, 0.717) is 11.6 Å². The van der Waals surface area contributed by atoms with E-state index >= 15 is 0 Å². The van der Waals surface area contributed by atoms with Gasteiger partial charge in [-0.3, -0.25) is 28.5 Å². The molecule has 0 aliphatic rings. The van der Waals surface area contributed by atoms with Gasteiger partial charge in [0.2, 0.25) is 5.88 Å². The molecule has 0 aliphatic heterocycles. The highest BCUT2D eigenvalue weighted by Gasteiger charge is 2.17. The largest absolute Gasteiger partial charge is 0.439 e. The van der Waals surface area contributed by atoms with Crippen molar-refractivity contribution in [2.24, 2.45) is 0 Å². The van der Waals surface area contributed by atoms with E-state index in [2.05, 4.69) is 71.5 Å². The molecule has 75 heavy (non-hydrogen) atoms. The zero-order valence-corrected chi connectivity index (χ0v) is 40.3. The first-order chi connectivity index (χ1) is 35.8. The highest BCUT2D eigenvalue weighted by atomic mass is 79.9. The van der Waals surface area contributed by atoms with Crippen LogP contribution >= 0.6 is 15.9 Å². The number of H-pyrrole nitrogens is 1. The number of fused-ring (bicyclic) bond motifs is 24. The van der Waals surface area contributed by atoms with Crippen molar-refractivity contribution in [1.82, 2.24) is 67.9 Å². The van der Waals surface area contributed by atoms with E-state index in [4.69, 9.17) is 9.72 Å². The van der Waals surface area contributed by atoms with Crippen molar-refractivity contribution in [2.45, 2.75) is 28.7 Å². The van der Waals surface area contributed by atoms with Crippen LogP contribution in [0.4, 0.5) is 0 Å². The van der Waals surface area contributed by atoms with Gasteiger partial charge in [0.15, 0.2) is 5.43 Å². The van der Waals surface area contributed by atoms with Crippen molar-refractivity contribution >= 4 is 126 Å². The molecule has 0 atom stereocenters. The summed E-state index contributed by atoms with van der Waals surface area (Å²) in [4.78, 5) is 46.9. The molecule has 14 heterocycles. The first kappa shape index (κ1) is 46.3. The monoisotopic (exact) mass is 1050 g/mol. The van der Waals surface area contributed by atoms with Crippen molar-refractivity contribution < 1.29 is 4.74 Å². The van der Waals surface area contributed by atoms with Crippen molar-refractivity contribution in [2.75, 3.05) is 0 Å². The molecular formula is C58H43BrN14O2. The van der Waals surface area contributed by atoms with E-state index in [1.165, 1.54) is 0 Å². The lowest BCUT2D eigenvalue weighted by Gasteiger charge is -2.11. The van der Waals surface area contributed by atoms with Crippen LogP contribution in [-0.4, -0.2) is 67.9 Å². The molecule has 0 fully saturated rings. The lowest BCUT2D eigenvalue weighted by atomic mass is 10.1. The van der Waals surface area contributed by atoms with Crippen LogP contribution in [0.3, 0.4) is 0 Å². The van der Waals surface area contributed by atoms with E-state index < -0.39 is 0 Å². The number of pyridine rings is 10. The molecule has 364 valence electrons. The number of halogens is 1. The van der Waals surface area contributed by atoms with Crippen LogP contribution in [0.1, 0.15) is 26.2 Å². The number of imidazole rings is 2. The number of aryl methyl sites for hydroxylation is 2. The quantitative estimate of drug-likeness (QED) is 0.129. The molecular weight excluding hydrogens is 1000 g/mol. The molecule has 0 saturated heterocycles. The lowest BCUT2D eigenvalue weighted by molar-refractivity contribution is 0.466. The van der Waals surface area contributed by atoms with Gasteiger partial charge in [-0.1, -0.05) is 14.9 Å². The Bertz CT molecular complexity index is 5000. The summed E-state index contributed by atoms with van der Waals surface area (Å²) >= 11 is 3.43. The maximum atomic E-state index is 11.5. The Balaban J connectivity index is 0.000000123. The average molecular weight is 1050 g/mol. The SMILES string of the molecule is C.C.Cc1cc2c3nc(Br)ccc3c3ncccc3n2n1.Cc1cc2c3nc(Oc4ccc5c(c4)c4nccn4c4cccnc54)ccc3c3ncccc3n2n1.O=c1ccc2c(c1)c1nccn1c1ccc[nH]c21. The summed E-state index contributed by atoms with van der Waals surface area (Å²) in [7, 11) is 0. The van der Waals surface area contributed by atoms with Gasteiger partial charge >= 0.3 is 0 Å². The molecule has 0 amide bonds. The van der Waals surface area contributed by atoms with Crippen molar-refractivity contribution in [3.8, 4) is 11.6 Å². The number of nitrogens with one attached hydrogen (secondary N) is 1. The first-order valence-corrected chi connectivity index (χ1v) is 24.0. The number of hydrogen-bond donors (Lipinski definition) is 1. The second-order valence-electron chi connectivity index (χ2n) is 17.5. The number of ether oxygens (including phenoxy) is 1. The smallest absolute Gasteiger partial charge is 0.219 e. The first-order valence-electron chi connectivity index (χ1n) is 23.2. The van der Waals surface area contributed by atoms with Gasteiger partial charge in [0.1, 0.15) is 27.2 Å². The van der Waals surface area contributed by atoms with Crippen LogP contribution in [0, 0.1) is 13.8 Å². The van der Waals surface area contributed by atoms with E-state index in [9.17, 15) is 4.79 Å². The van der Waals surface area contributed by atoms with Gasteiger partial charge < -0.3 is 9.72 Å². The van der Waals surface area contributed by atoms with E-state index in [1.54, 1.807) is 36.9 Å². The Hall–Kier alpha value is -9.74. The Morgan fingerprint density at radius 1 is 0.480 bits per heavy atom. The van der Waals surface area contributed by atoms with E-state index in [0.717, 1.165) is 126 Å². The fourth-order valence-electron chi connectivity index (χ4n) is 10.0. The minimum absolute atomic E-state index is 0. The highest BCUT2D eigenvalue weighted by molar-refractivity contribution is 9.10. The minimum atomic E-state index is 0. The van der Waals surface area contributed by atoms with Gasteiger partial charge in [-0.15, -0.1) is 0 Å². The van der Waals surface area contributed by atoms with Crippen LogP contribution < -0.4 is 10.2 Å². The molecule has 0 unspecified atom stereocenters. The molecule has 1 N–H and O–H groups in total. The molecule has 17 heteroatoms. The van der Waals surface area contributed by atoms with Crippen LogP contribution in [-0.2, 0) is 0 Å². The molecule has 0 spiro atoms. The Labute approximate surface area is 433 Å². The molecule has 2 aromatic carbocycles. The third-order valence-corrected chi connectivity index (χ3v) is 13.5. The molecule has 0 aliphatic carbocycles. The molecule has 16 nitrogen and oxygen atoms in total. The average Bonchev–Trinajstić information content (AvgIpc) is 4.27. The number of benzene rings is 2. The Morgan fingerprint density at radius 3 is 1.69 bits per heavy atom. The fourth-order valence-corrected chi connectivity index (χ4v) is 10.3. The number of hydrogen-bond acceptors (Lipinski definition) is 11. The summed E-state index contributed by atoms with van der Waals surface area (Å²) in [5, 5.41) is 15.1. The molecule has 0 bridgehead atoms. The summed E-state index contributed by atoms with van der Waals surface area (Å²) < 4.78 is 15.0. The standard InChI is InChI=1S/C28H17N7O.C14H9BrN4.C14H9N3O.2CH4/c1-16-14-23-27-19(26-22(35(23)33-16)5-3-11-30-26)8-9-24(32-27)36-17-6-7-18-20(15-17)28-31-12-13-34(28)21-4-2-10-29-25(18)21;1-8-7-11-14-9(4-5-12(15)17-14)13-10(19(11)18-8)3-2-6-16-13;18-9-3-4-10-11(8-9)14-16-6-7-17(14)12-2-1-5-15-13(10)12;;/h2-15H,1H3;2-7H,1H3;1-8,15H;2*1H4. The summed E-state index contributed by atoms with van der Waals surface area (Å²) in [5.74, 6) is 1.17. The molecule has 16 rings (SSSR count). The second kappa shape index (κ2) is 18.1. The summed E-state index contributed by atoms with van der Waals surface area (Å²) in [6, 6.07) is 38.9. The van der Waals surface area contributed by atoms with Gasteiger partial charge in [0, 0.05) is 88.0 Å². The molecule has 16 aromatic rings. The summed E-state index contributed by atoms with van der Waals surface area (Å²) in [6.07, 6.45) is 14.7. The zero-order chi connectivity index (χ0) is 48.9. The number of aromatic nitrogens is 14. The van der Waals surface area contributed by atoms with Gasteiger partial charge in [-0.2, -0.15) is 10.2 Å². The molecule has 14 aromatic heterocycles. The maximum Gasteiger partial charge on any atom is 0.219 e. The van der Waals surface area contributed by atoms with Gasteiger partial charge in [-0.05, 0) is 145 Å². The topological polar surface area (TPSA) is 176 Å². The third kappa shape index (κ3) is 7.50. The Morgan fingerprint density at radius 2 is 1.03 bits per heavy atom. The second-order valence-corrected chi connectivity index (χ2v) is 18.4. The zero-order valence-electron chi connectivity index (χ0n) is 38.7. The number of aromatic amines is 1. The van der Waals surface area contributed by atoms with Gasteiger partial charge in [0.25, 0.3) is 0 Å². The summed E-state index contributed by atoms with van der Waals surface area (Å²) in [5.41, 5.74) is 14.9. The van der Waals surface area contributed by atoms with E-state index in [1.807, 2.05) is 155 Å². The third-order valence-electron chi connectivity index (χ3n) is 13.1. The summed E-state index contributed by atoms with van der Waals surface area (Å²) in [6.45, 7) is 3.96. The number of rotatable bonds is 2. The predicted molar refractivity (Wildman–Crippen MR) is 301 cm³/mol. The fraction of sp³-hybridized carbons (Fsp3) is 0.0690. The van der Waals surface area contributed by atoms with Crippen LogP contribution in [0.2, 0.25) is 0 Å². The highest BCUT2D eigenvalue weighted by Crippen LogP contribution is 2.35. The van der Waals surface area contributed by atoms with Crippen molar-refractivity contribution in [1.29, 1.82) is 0 Å². The molecule has 0 radical (unpaired) electrons. The molecule has 0 saturated carbocycles. The normalized spacial score (nSPS) is 11.5. The van der Waals surface area contributed by atoms with Crippen molar-refractivity contribution in [3.63, 3.8) is 0 Å². The van der Waals surface area contributed by atoms with Crippen LogP contribution in [0.5, 0.6) is 11.6 Å². The lowest BCUT2D eigenvalue weighted by Crippen LogP contribution is -1.98. The predicted octanol–water partition coefficient (Wildman–Crippen LogP) is 13.0. The Kier molecular flexibility index (Phi) is 11.2. The van der Waals surface area contributed by atoms with Crippen LogP contribution in [0.15, 0.2) is 180 Å². The minimum Gasteiger partial charge on any atom is -0.439 e. The van der Waals surface area contributed by atoms with E-state index in [-0.39, 0.29) is 20.3 Å².